The van der Waals surface area contributed by atoms with Crippen LogP contribution < -0.4 is 20.5 Å². The van der Waals surface area contributed by atoms with Crippen LogP contribution >= 0.6 is 11.6 Å². The van der Waals surface area contributed by atoms with Crippen molar-refractivity contribution in [1.29, 1.82) is 0 Å². The second kappa shape index (κ2) is 9.03. The van der Waals surface area contributed by atoms with Crippen LogP contribution in [0.5, 0.6) is 11.5 Å². The predicted molar refractivity (Wildman–Crippen MR) is 110 cm³/mol. The Morgan fingerprint density at radius 1 is 1.14 bits per heavy atom. The monoisotopic (exact) mass is 412 g/mol. The van der Waals surface area contributed by atoms with Gasteiger partial charge in [0.2, 0.25) is 0 Å². The molecule has 1 aromatic heterocycles. The van der Waals surface area contributed by atoms with Crippen molar-refractivity contribution in [3.63, 3.8) is 0 Å². The highest BCUT2D eigenvalue weighted by molar-refractivity contribution is 6.32. The van der Waals surface area contributed by atoms with E-state index in [4.69, 9.17) is 21.1 Å². The van der Waals surface area contributed by atoms with E-state index in [0.717, 1.165) is 5.56 Å². The van der Waals surface area contributed by atoms with Crippen LogP contribution in [0, 0.1) is 0 Å². The maximum absolute atomic E-state index is 12.5. The molecule has 29 heavy (non-hydrogen) atoms. The normalized spacial score (nSPS) is 10.7. The summed E-state index contributed by atoms with van der Waals surface area (Å²) in [6, 6.07) is 13.6. The van der Waals surface area contributed by atoms with Crippen molar-refractivity contribution in [1.82, 2.24) is 9.78 Å². The number of nitrogens with zero attached hydrogens (tertiary/aromatic N) is 3. The number of hydrogen-bond acceptors (Lipinski definition) is 7. The Hall–Kier alpha value is -3.65. The minimum absolute atomic E-state index is 0.0434. The van der Waals surface area contributed by atoms with Crippen molar-refractivity contribution in [3.05, 3.63) is 75.7 Å². The minimum atomic E-state index is -0.484. The smallest absolute Gasteiger partial charge is 0.308 e. The topological polar surface area (TPSA) is 94.8 Å². The summed E-state index contributed by atoms with van der Waals surface area (Å²) < 4.78 is 11.2. The van der Waals surface area contributed by atoms with E-state index in [1.807, 2.05) is 0 Å². The molecular weight excluding hydrogens is 396 g/mol. The van der Waals surface area contributed by atoms with Gasteiger partial charge in [-0.25, -0.2) is 0 Å². The SMILES string of the molecule is COc1ccc(-n2ncc(N/N=C\c3ccc(OC(C)=O)cc3)c(Cl)c2=O)cc1. The quantitative estimate of drug-likeness (QED) is 0.289. The van der Waals surface area contributed by atoms with Crippen molar-refractivity contribution in [3.8, 4) is 17.2 Å². The number of nitrogens with one attached hydrogen (secondary N) is 1. The van der Waals surface area contributed by atoms with Crippen LogP contribution in [-0.2, 0) is 4.79 Å². The van der Waals surface area contributed by atoms with Crippen LogP contribution in [0.15, 0.2) is 64.6 Å². The highest BCUT2D eigenvalue weighted by Crippen LogP contribution is 2.18. The zero-order valence-electron chi connectivity index (χ0n) is 15.6. The average molecular weight is 413 g/mol. The summed E-state index contributed by atoms with van der Waals surface area (Å²) >= 11 is 6.17. The standard InChI is InChI=1S/C20H17ClN4O4/c1-13(26)29-17-7-3-14(4-8-17)11-22-24-18-12-23-25(20(27)19(18)21)15-5-9-16(28-2)10-6-15/h3-12,24H,1-2H3/b22-11-. The van der Waals surface area contributed by atoms with Crippen molar-refractivity contribution in [2.24, 2.45) is 5.10 Å². The molecule has 0 atom stereocenters. The van der Waals surface area contributed by atoms with Gasteiger partial charge in [-0.1, -0.05) is 11.6 Å². The van der Waals surface area contributed by atoms with E-state index < -0.39 is 5.56 Å². The molecular formula is C20H17ClN4O4. The molecule has 3 aromatic rings. The van der Waals surface area contributed by atoms with E-state index in [1.165, 1.54) is 24.0 Å². The van der Waals surface area contributed by atoms with Gasteiger partial charge in [-0.2, -0.15) is 14.9 Å². The molecule has 0 spiro atoms. The third-order valence-corrected chi connectivity index (χ3v) is 4.14. The molecule has 0 aliphatic heterocycles. The van der Waals surface area contributed by atoms with Crippen molar-refractivity contribution < 1.29 is 14.3 Å². The highest BCUT2D eigenvalue weighted by Gasteiger charge is 2.10. The molecule has 3 rings (SSSR count). The van der Waals surface area contributed by atoms with E-state index in [2.05, 4.69) is 15.6 Å². The van der Waals surface area contributed by atoms with Gasteiger partial charge in [0, 0.05) is 6.92 Å². The Kier molecular flexibility index (Phi) is 6.25. The Morgan fingerprint density at radius 2 is 1.79 bits per heavy atom. The maximum atomic E-state index is 12.5. The van der Waals surface area contributed by atoms with Gasteiger partial charge < -0.3 is 9.47 Å². The number of rotatable bonds is 6. The number of benzene rings is 2. The van der Waals surface area contributed by atoms with Gasteiger partial charge in [0.1, 0.15) is 22.2 Å². The molecule has 9 heteroatoms. The zero-order chi connectivity index (χ0) is 20.8. The molecule has 0 aliphatic rings. The van der Waals surface area contributed by atoms with Crippen LogP contribution in [-0.4, -0.2) is 29.1 Å². The fourth-order valence-corrected chi connectivity index (χ4v) is 2.55. The van der Waals surface area contributed by atoms with Crippen LogP contribution in [0.3, 0.4) is 0 Å². The lowest BCUT2D eigenvalue weighted by Crippen LogP contribution is -2.22. The van der Waals surface area contributed by atoms with Gasteiger partial charge in [0.25, 0.3) is 5.56 Å². The molecule has 2 aromatic carbocycles. The molecule has 0 bridgehead atoms. The average Bonchev–Trinajstić information content (AvgIpc) is 2.72. The summed E-state index contributed by atoms with van der Waals surface area (Å²) in [6.07, 6.45) is 2.94. The Bertz CT molecular complexity index is 1090. The molecule has 1 N–H and O–H groups in total. The fraction of sp³-hybridized carbons (Fsp3) is 0.100. The van der Waals surface area contributed by atoms with Crippen molar-refractivity contribution >= 4 is 29.5 Å². The van der Waals surface area contributed by atoms with E-state index in [-0.39, 0.29) is 16.7 Å². The van der Waals surface area contributed by atoms with Crippen LogP contribution in [0.1, 0.15) is 12.5 Å². The molecule has 148 valence electrons. The van der Waals surface area contributed by atoms with Crippen LogP contribution in [0.2, 0.25) is 5.02 Å². The molecule has 0 amide bonds. The molecule has 0 saturated heterocycles. The van der Waals surface area contributed by atoms with Crippen molar-refractivity contribution in [2.45, 2.75) is 6.92 Å². The second-order valence-corrected chi connectivity index (χ2v) is 6.20. The number of carbonyl (C=O) groups is 1. The first-order valence-corrected chi connectivity index (χ1v) is 8.85. The van der Waals surface area contributed by atoms with Gasteiger partial charge >= 0.3 is 5.97 Å². The maximum Gasteiger partial charge on any atom is 0.308 e. The van der Waals surface area contributed by atoms with Crippen molar-refractivity contribution in [2.75, 3.05) is 12.5 Å². The number of esters is 1. The number of methoxy groups -OCH3 is 1. The van der Waals surface area contributed by atoms with Crippen LogP contribution in [0.25, 0.3) is 5.69 Å². The third-order valence-electron chi connectivity index (χ3n) is 3.78. The van der Waals surface area contributed by atoms with Gasteiger partial charge in [-0.15, -0.1) is 0 Å². The second-order valence-electron chi connectivity index (χ2n) is 5.82. The van der Waals surface area contributed by atoms with Gasteiger partial charge in [0.05, 0.1) is 25.2 Å². The Morgan fingerprint density at radius 3 is 2.41 bits per heavy atom. The summed E-state index contributed by atoms with van der Waals surface area (Å²) in [7, 11) is 1.56. The molecule has 0 aliphatic carbocycles. The summed E-state index contributed by atoms with van der Waals surface area (Å²) in [4.78, 5) is 23.4. The number of halogens is 1. The van der Waals surface area contributed by atoms with E-state index in [9.17, 15) is 9.59 Å². The van der Waals surface area contributed by atoms with E-state index in [0.29, 0.717) is 17.2 Å². The number of ether oxygens (including phenoxy) is 2. The van der Waals surface area contributed by atoms with Crippen LogP contribution in [0.4, 0.5) is 5.69 Å². The number of hydrogen-bond donors (Lipinski definition) is 1. The zero-order valence-corrected chi connectivity index (χ0v) is 16.4. The van der Waals surface area contributed by atoms with E-state index in [1.54, 1.807) is 55.6 Å². The largest absolute Gasteiger partial charge is 0.497 e. The summed E-state index contributed by atoms with van der Waals surface area (Å²) in [6.45, 7) is 1.33. The summed E-state index contributed by atoms with van der Waals surface area (Å²) in [5.41, 5.74) is 3.80. The lowest BCUT2D eigenvalue weighted by molar-refractivity contribution is -0.131. The molecule has 1 heterocycles. The Balaban J connectivity index is 1.73. The van der Waals surface area contributed by atoms with E-state index >= 15 is 0 Å². The Labute approximate surface area is 171 Å². The molecule has 0 fully saturated rings. The molecule has 8 nitrogen and oxygen atoms in total. The number of carbonyl (C=O) groups excluding carboxylic acids is 1. The molecule has 0 unspecified atom stereocenters. The molecule has 0 saturated carbocycles. The number of hydrazone groups is 1. The predicted octanol–water partition coefficient (Wildman–Crippen LogP) is 3.27. The third kappa shape index (κ3) is 4.99. The summed E-state index contributed by atoms with van der Waals surface area (Å²) in [5.74, 6) is 0.720. The first kappa shape index (κ1) is 20.1. The highest BCUT2D eigenvalue weighted by atomic mass is 35.5. The minimum Gasteiger partial charge on any atom is -0.497 e. The van der Waals surface area contributed by atoms with Gasteiger partial charge in [-0.3, -0.25) is 15.0 Å². The lowest BCUT2D eigenvalue weighted by Gasteiger charge is -2.08. The first-order chi connectivity index (χ1) is 14.0. The number of anilines is 1. The van der Waals surface area contributed by atoms with Gasteiger partial charge in [0.15, 0.2) is 0 Å². The number of aromatic nitrogens is 2. The first-order valence-electron chi connectivity index (χ1n) is 8.48. The summed E-state index contributed by atoms with van der Waals surface area (Å²) in [5, 5.41) is 8.14. The molecule has 0 radical (unpaired) electrons. The fourth-order valence-electron chi connectivity index (χ4n) is 2.38. The van der Waals surface area contributed by atoms with Gasteiger partial charge in [-0.05, 0) is 54.1 Å². The lowest BCUT2D eigenvalue weighted by atomic mass is 10.2.